The molecule has 2 aromatic heterocycles. The molecule has 3 aromatic carbocycles. The molecule has 35 heavy (non-hydrogen) atoms. The lowest BCUT2D eigenvalue weighted by molar-refractivity contribution is 0.585. The maximum absolute atomic E-state index is 13.9. The number of para-hydroxylation sites is 1. The SMILES string of the molecule is O=c1/c(=C/c2c[nH]c3ccccc23)sc2n1[C@@H](c1ccc(Cl)cc1)C1=C(N=2)c2ccccc2CC1. The second kappa shape index (κ2) is 7.94. The molecule has 1 atom stereocenters. The normalized spacial score (nSPS) is 17.2. The molecule has 4 nitrogen and oxygen atoms in total. The summed E-state index contributed by atoms with van der Waals surface area (Å²) in [6.45, 7) is 0. The Morgan fingerprint density at radius 3 is 2.69 bits per heavy atom. The summed E-state index contributed by atoms with van der Waals surface area (Å²) in [6.07, 6.45) is 5.75. The fourth-order valence-electron chi connectivity index (χ4n) is 5.32. The van der Waals surface area contributed by atoms with E-state index in [1.807, 2.05) is 59.3 Å². The van der Waals surface area contributed by atoms with Gasteiger partial charge in [-0.2, -0.15) is 0 Å². The molecule has 1 aliphatic carbocycles. The van der Waals surface area contributed by atoms with E-state index >= 15 is 0 Å². The highest BCUT2D eigenvalue weighted by Gasteiger charge is 2.32. The molecule has 0 bridgehead atoms. The molecular weight excluding hydrogens is 474 g/mol. The van der Waals surface area contributed by atoms with E-state index in [1.54, 1.807) is 0 Å². The molecule has 6 heteroatoms. The van der Waals surface area contributed by atoms with Crippen molar-refractivity contribution in [1.29, 1.82) is 0 Å². The number of H-pyrrole nitrogens is 1. The van der Waals surface area contributed by atoms with Crippen LogP contribution < -0.4 is 14.9 Å². The minimum absolute atomic E-state index is 0.00982. The fourth-order valence-corrected chi connectivity index (χ4v) is 6.44. The standard InChI is InChI=1S/C29H20ClN3OS/c30-20-12-9-18(10-13-20)27-23-14-11-17-5-1-2-7-22(17)26(23)32-29-33(27)28(34)25(35-29)15-19-16-31-24-8-4-3-6-21(19)24/h1-10,12-13,15-16,27,31H,11,14H2/b25-15-/t27-/m0/s1. The molecule has 0 radical (unpaired) electrons. The number of rotatable bonds is 2. The van der Waals surface area contributed by atoms with Crippen LogP contribution in [0.4, 0.5) is 0 Å². The third-order valence-corrected chi connectivity index (χ3v) is 8.20. The Kier molecular flexibility index (Phi) is 4.69. The second-order valence-corrected chi connectivity index (χ2v) is 10.4. The van der Waals surface area contributed by atoms with Gasteiger partial charge >= 0.3 is 0 Å². The first-order chi connectivity index (χ1) is 17.2. The van der Waals surface area contributed by atoms with Crippen molar-refractivity contribution in [3.8, 4) is 0 Å². The van der Waals surface area contributed by atoms with Gasteiger partial charge in [0, 0.05) is 33.2 Å². The highest BCUT2D eigenvalue weighted by atomic mass is 35.5. The zero-order chi connectivity index (χ0) is 23.5. The van der Waals surface area contributed by atoms with Crippen molar-refractivity contribution in [1.82, 2.24) is 9.55 Å². The smallest absolute Gasteiger partial charge is 0.271 e. The van der Waals surface area contributed by atoms with Crippen molar-refractivity contribution in [2.24, 2.45) is 4.99 Å². The summed E-state index contributed by atoms with van der Waals surface area (Å²) < 4.78 is 2.56. The second-order valence-electron chi connectivity index (χ2n) is 8.95. The van der Waals surface area contributed by atoms with Gasteiger partial charge in [0.25, 0.3) is 5.56 Å². The van der Waals surface area contributed by atoms with Gasteiger partial charge in [-0.3, -0.25) is 9.36 Å². The Morgan fingerprint density at radius 1 is 1.00 bits per heavy atom. The van der Waals surface area contributed by atoms with E-state index in [0.29, 0.717) is 9.55 Å². The molecule has 0 fully saturated rings. The van der Waals surface area contributed by atoms with Crippen LogP contribution in [0, 0.1) is 0 Å². The Bertz CT molecular complexity index is 1840. The van der Waals surface area contributed by atoms with Crippen LogP contribution in [0.15, 0.2) is 94.4 Å². The third kappa shape index (κ3) is 3.27. The van der Waals surface area contributed by atoms with Crippen LogP contribution in [0.5, 0.6) is 0 Å². The van der Waals surface area contributed by atoms with E-state index < -0.39 is 0 Å². The topological polar surface area (TPSA) is 50.1 Å². The first kappa shape index (κ1) is 20.7. The molecule has 1 aliphatic heterocycles. The molecule has 170 valence electrons. The zero-order valence-corrected chi connectivity index (χ0v) is 20.2. The van der Waals surface area contributed by atoms with Gasteiger partial charge in [0.05, 0.1) is 16.3 Å². The number of nitrogens with one attached hydrogen (secondary N) is 1. The van der Waals surface area contributed by atoms with Gasteiger partial charge in [-0.05, 0) is 53.8 Å². The largest absolute Gasteiger partial charge is 0.361 e. The van der Waals surface area contributed by atoms with Gasteiger partial charge in [-0.25, -0.2) is 4.99 Å². The Balaban J connectivity index is 1.50. The summed E-state index contributed by atoms with van der Waals surface area (Å²) in [5.74, 6) is 0. The number of halogens is 1. The molecule has 1 N–H and O–H groups in total. The fraction of sp³-hybridized carbons (Fsp3) is 0.103. The Hall–Kier alpha value is -3.67. The molecule has 5 aromatic rings. The predicted molar refractivity (Wildman–Crippen MR) is 142 cm³/mol. The maximum Gasteiger partial charge on any atom is 0.271 e. The van der Waals surface area contributed by atoms with Crippen molar-refractivity contribution < 1.29 is 0 Å². The lowest BCUT2D eigenvalue weighted by Crippen LogP contribution is -2.38. The average molecular weight is 494 g/mol. The molecule has 0 amide bonds. The number of aromatic nitrogens is 2. The summed E-state index contributed by atoms with van der Waals surface area (Å²) in [5, 5.41) is 1.78. The van der Waals surface area contributed by atoms with Crippen LogP contribution >= 0.6 is 22.9 Å². The third-order valence-electron chi connectivity index (χ3n) is 6.97. The average Bonchev–Trinajstić information content (AvgIpc) is 3.44. The van der Waals surface area contributed by atoms with E-state index in [0.717, 1.165) is 45.4 Å². The highest BCUT2D eigenvalue weighted by Crippen LogP contribution is 2.41. The van der Waals surface area contributed by atoms with Crippen LogP contribution in [0.1, 0.15) is 34.7 Å². The van der Waals surface area contributed by atoms with E-state index in [9.17, 15) is 4.79 Å². The summed E-state index contributed by atoms with van der Waals surface area (Å²) in [4.78, 5) is 23.0. The van der Waals surface area contributed by atoms with Crippen LogP contribution in [0.25, 0.3) is 22.7 Å². The first-order valence-corrected chi connectivity index (χ1v) is 12.8. The first-order valence-electron chi connectivity index (χ1n) is 11.6. The van der Waals surface area contributed by atoms with Crippen LogP contribution in [0.3, 0.4) is 0 Å². The van der Waals surface area contributed by atoms with Gasteiger partial charge < -0.3 is 4.98 Å². The van der Waals surface area contributed by atoms with Crippen molar-refractivity contribution >= 4 is 45.6 Å². The number of hydrogen-bond acceptors (Lipinski definition) is 3. The van der Waals surface area contributed by atoms with Gasteiger partial charge in [0.15, 0.2) is 4.80 Å². The lowest BCUT2D eigenvalue weighted by Gasteiger charge is -2.30. The number of allylic oxidation sites excluding steroid dienone is 1. The molecular formula is C29H20ClN3OS. The van der Waals surface area contributed by atoms with Crippen molar-refractivity contribution in [2.45, 2.75) is 18.9 Å². The lowest BCUT2D eigenvalue weighted by atomic mass is 9.83. The highest BCUT2D eigenvalue weighted by molar-refractivity contribution is 7.07. The molecule has 2 aliphatic rings. The minimum Gasteiger partial charge on any atom is -0.361 e. The molecule has 0 spiro atoms. The van der Waals surface area contributed by atoms with Crippen LogP contribution in [-0.2, 0) is 6.42 Å². The summed E-state index contributed by atoms with van der Waals surface area (Å²) in [5.41, 5.74) is 7.77. The number of hydrogen-bond donors (Lipinski definition) is 1. The number of benzene rings is 3. The van der Waals surface area contributed by atoms with Gasteiger partial charge in [0.1, 0.15) is 0 Å². The number of thiazole rings is 1. The maximum atomic E-state index is 13.9. The molecule has 0 saturated carbocycles. The number of fused-ring (bicyclic) bond motifs is 4. The van der Waals surface area contributed by atoms with E-state index in [2.05, 4.69) is 35.3 Å². The van der Waals surface area contributed by atoms with E-state index in [4.69, 9.17) is 16.6 Å². The van der Waals surface area contributed by atoms with E-state index in [1.165, 1.54) is 28.0 Å². The summed E-state index contributed by atoms with van der Waals surface area (Å²) in [7, 11) is 0. The quantitative estimate of drug-likeness (QED) is 0.349. The monoisotopic (exact) mass is 493 g/mol. The zero-order valence-electron chi connectivity index (χ0n) is 18.7. The number of aromatic amines is 1. The summed E-state index contributed by atoms with van der Waals surface area (Å²) in [6, 6.07) is 24.3. The molecule has 0 unspecified atom stereocenters. The van der Waals surface area contributed by atoms with Crippen molar-refractivity contribution in [2.75, 3.05) is 0 Å². The Morgan fingerprint density at radius 2 is 1.80 bits per heavy atom. The van der Waals surface area contributed by atoms with Gasteiger partial charge in [0.2, 0.25) is 0 Å². The van der Waals surface area contributed by atoms with Gasteiger partial charge in [-0.1, -0.05) is 77.5 Å². The van der Waals surface area contributed by atoms with Crippen molar-refractivity contribution in [3.63, 3.8) is 0 Å². The summed E-state index contributed by atoms with van der Waals surface area (Å²) >= 11 is 7.67. The van der Waals surface area contributed by atoms with Crippen LogP contribution in [-0.4, -0.2) is 9.55 Å². The molecule has 7 rings (SSSR count). The molecule has 3 heterocycles. The minimum atomic E-state index is -0.197. The number of nitrogens with zero attached hydrogens (tertiary/aromatic N) is 2. The van der Waals surface area contributed by atoms with E-state index in [-0.39, 0.29) is 11.6 Å². The van der Waals surface area contributed by atoms with Crippen LogP contribution in [0.2, 0.25) is 5.02 Å². The van der Waals surface area contributed by atoms with Gasteiger partial charge in [-0.15, -0.1) is 0 Å². The predicted octanol–water partition coefficient (Wildman–Crippen LogP) is 5.45. The number of aryl methyl sites for hydroxylation is 1. The van der Waals surface area contributed by atoms with Crippen molar-refractivity contribution in [3.05, 3.63) is 132 Å². The molecule has 0 saturated heterocycles. The Labute approximate surface area is 210 Å².